The van der Waals surface area contributed by atoms with E-state index in [2.05, 4.69) is 6.92 Å². The molecule has 13 heteroatoms. The molecule has 0 heterocycles. The van der Waals surface area contributed by atoms with Crippen molar-refractivity contribution in [2.75, 3.05) is 47.5 Å². The number of nitro groups is 1. The van der Waals surface area contributed by atoms with E-state index in [0.29, 0.717) is 23.9 Å². The van der Waals surface area contributed by atoms with Crippen LogP contribution in [0.5, 0.6) is 0 Å². The standard InChI is InChI=1S/C31H59N2O10P/c1-6-8-10-11-12-13-14-15-16-17-18-19-20-22-30(34)40-26-29(27-42-44(38,39)41-24-23-33(3,4)5)43-31(35)25-28(32(36)37)21-9-7-2/h9,21,28-29H,6-8,10-20,22-27H2,1-5H3/p+1/b21-9+/t28?,29-/m1/s1. The molecule has 3 atom stereocenters. The summed E-state index contributed by atoms with van der Waals surface area (Å²) in [5, 5.41) is 11.3. The molecule has 0 aliphatic carbocycles. The van der Waals surface area contributed by atoms with E-state index in [1.807, 2.05) is 21.1 Å². The maximum absolute atomic E-state index is 12.5. The molecule has 0 amide bonds. The zero-order valence-electron chi connectivity index (χ0n) is 27.9. The minimum atomic E-state index is -4.49. The second-order valence-corrected chi connectivity index (χ2v) is 13.7. The van der Waals surface area contributed by atoms with Crippen molar-refractivity contribution in [1.82, 2.24) is 0 Å². The number of hydrogen-bond acceptors (Lipinski definition) is 9. The van der Waals surface area contributed by atoms with Crippen LogP contribution in [0.25, 0.3) is 0 Å². The quantitative estimate of drug-likeness (QED) is 0.0175. The molecular weight excluding hydrogens is 591 g/mol. The van der Waals surface area contributed by atoms with Gasteiger partial charge in [-0.25, -0.2) is 4.57 Å². The molecule has 44 heavy (non-hydrogen) atoms. The maximum Gasteiger partial charge on any atom is 0.472 e. The number of unbranched alkanes of at least 4 members (excludes halogenated alkanes) is 12. The first kappa shape index (κ1) is 42.1. The third-order valence-electron chi connectivity index (χ3n) is 6.89. The van der Waals surface area contributed by atoms with Gasteiger partial charge in [0.05, 0.1) is 27.7 Å². The molecule has 0 bridgehead atoms. The summed E-state index contributed by atoms with van der Waals surface area (Å²) in [4.78, 5) is 45.5. The van der Waals surface area contributed by atoms with Gasteiger partial charge in [-0.15, -0.1) is 0 Å². The highest BCUT2D eigenvalue weighted by Gasteiger charge is 2.29. The van der Waals surface area contributed by atoms with E-state index in [0.717, 1.165) is 19.3 Å². The van der Waals surface area contributed by atoms with E-state index in [-0.39, 0.29) is 13.0 Å². The Kier molecular flexibility index (Phi) is 24.3. The Morgan fingerprint density at radius 3 is 1.91 bits per heavy atom. The van der Waals surface area contributed by atoms with E-state index in [1.165, 1.54) is 63.9 Å². The normalized spacial score (nSPS) is 14.7. The first-order chi connectivity index (χ1) is 20.8. The average Bonchev–Trinajstić information content (AvgIpc) is 2.94. The van der Waals surface area contributed by atoms with Gasteiger partial charge in [0.1, 0.15) is 26.2 Å². The van der Waals surface area contributed by atoms with Crippen molar-refractivity contribution in [2.24, 2.45) is 0 Å². The highest BCUT2D eigenvalue weighted by molar-refractivity contribution is 7.47. The highest BCUT2D eigenvalue weighted by Crippen LogP contribution is 2.43. The number of hydrogen-bond donors (Lipinski definition) is 1. The third-order valence-corrected chi connectivity index (χ3v) is 7.88. The van der Waals surface area contributed by atoms with Crippen LogP contribution in [0, 0.1) is 10.1 Å². The molecule has 2 unspecified atom stereocenters. The van der Waals surface area contributed by atoms with E-state index in [1.54, 1.807) is 13.0 Å². The monoisotopic (exact) mass is 651 g/mol. The Morgan fingerprint density at radius 2 is 1.41 bits per heavy atom. The minimum Gasteiger partial charge on any atom is -0.462 e. The Balaban J connectivity index is 4.64. The van der Waals surface area contributed by atoms with Crippen LogP contribution >= 0.6 is 7.82 Å². The number of phosphoric ester groups is 1. The summed E-state index contributed by atoms with van der Waals surface area (Å²) in [6.45, 7) is 3.41. The van der Waals surface area contributed by atoms with Crippen LogP contribution in [0.15, 0.2) is 12.2 Å². The molecule has 0 aromatic rings. The van der Waals surface area contributed by atoms with Crippen molar-refractivity contribution in [2.45, 2.75) is 129 Å². The van der Waals surface area contributed by atoms with Crippen molar-refractivity contribution in [3.8, 4) is 0 Å². The molecule has 0 saturated heterocycles. The molecule has 0 spiro atoms. The van der Waals surface area contributed by atoms with E-state index in [9.17, 15) is 29.2 Å². The Morgan fingerprint density at radius 1 is 0.864 bits per heavy atom. The van der Waals surface area contributed by atoms with Gasteiger partial charge in [-0.2, -0.15) is 0 Å². The maximum atomic E-state index is 12.5. The summed E-state index contributed by atoms with van der Waals surface area (Å²) in [5.41, 5.74) is 0. The molecule has 12 nitrogen and oxygen atoms in total. The molecule has 0 aromatic carbocycles. The number of likely N-dealkylation sites (N-methyl/N-ethyl adjacent to an activating group) is 1. The Hall–Kier alpha value is -1.85. The minimum absolute atomic E-state index is 0.0515. The number of phosphoric acid groups is 1. The molecule has 0 aliphatic heterocycles. The smallest absolute Gasteiger partial charge is 0.462 e. The first-order valence-electron chi connectivity index (χ1n) is 16.4. The van der Waals surface area contributed by atoms with E-state index < -0.39 is 56.5 Å². The summed E-state index contributed by atoms with van der Waals surface area (Å²) in [7, 11) is 1.19. The number of esters is 2. The van der Waals surface area contributed by atoms with Gasteiger partial charge in [0, 0.05) is 11.3 Å². The number of nitrogens with zero attached hydrogens (tertiary/aromatic N) is 2. The lowest BCUT2D eigenvalue weighted by atomic mass is 10.0. The Bertz CT molecular complexity index is 863. The second kappa shape index (κ2) is 25.4. The fourth-order valence-corrected chi connectivity index (χ4v) is 4.96. The van der Waals surface area contributed by atoms with Crippen LogP contribution in [0.1, 0.15) is 117 Å². The second-order valence-electron chi connectivity index (χ2n) is 12.3. The van der Waals surface area contributed by atoms with Crippen molar-refractivity contribution in [3.63, 3.8) is 0 Å². The fourth-order valence-electron chi connectivity index (χ4n) is 4.22. The largest absolute Gasteiger partial charge is 0.472 e. The van der Waals surface area contributed by atoms with E-state index >= 15 is 0 Å². The van der Waals surface area contributed by atoms with Crippen LogP contribution in [0.2, 0.25) is 0 Å². The van der Waals surface area contributed by atoms with Crippen LogP contribution in [0.3, 0.4) is 0 Å². The van der Waals surface area contributed by atoms with Gasteiger partial charge in [0.15, 0.2) is 6.10 Å². The molecule has 1 N–H and O–H groups in total. The van der Waals surface area contributed by atoms with Gasteiger partial charge in [-0.1, -0.05) is 97.0 Å². The zero-order valence-corrected chi connectivity index (χ0v) is 28.8. The lowest BCUT2D eigenvalue weighted by Gasteiger charge is -2.24. The Labute approximate surface area is 265 Å². The van der Waals surface area contributed by atoms with Crippen LogP contribution < -0.4 is 0 Å². The summed E-state index contributed by atoms with van der Waals surface area (Å²) in [6, 6.07) is -1.29. The summed E-state index contributed by atoms with van der Waals surface area (Å²) in [6.07, 6.45) is 17.2. The predicted molar refractivity (Wildman–Crippen MR) is 171 cm³/mol. The molecule has 0 fully saturated rings. The number of carbonyl (C=O) groups excluding carboxylic acids is 2. The van der Waals surface area contributed by atoms with Gasteiger partial charge in [-0.05, 0) is 18.9 Å². The topological polar surface area (TPSA) is 152 Å². The van der Waals surface area contributed by atoms with Crippen LogP contribution in [-0.4, -0.2) is 85.9 Å². The van der Waals surface area contributed by atoms with Gasteiger partial charge in [0.25, 0.3) is 0 Å². The molecule has 258 valence electrons. The lowest BCUT2D eigenvalue weighted by molar-refractivity contribution is -0.870. The zero-order chi connectivity index (χ0) is 33.3. The fraction of sp³-hybridized carbons (Fsp3) is 0.871. The molecular formula is C31H60N2O10P+. The lowest BCUT2D eigenvalue weighted by Crippen LogP contribution is -2.37. The van der Waals surface area contributed by atoms with Crippen molar-refractivity contribution >= 4 is 19.8 Å². The SMILES string of the molecule is CC/C=C/C(CC(=O)O[C@H](COC(=O)CCCCCCCCCCCCCCC)COP(=O)(O)OCC[N+](C)(C)C)[N+](=O)[O-]. The van der Waals surface area contributed by atoms with Crippen LogP contribution in [0.4, 0.5) is 0 Å². The number of carbonyl (C=O) groups is 2. The number of quaternary nitrogens is 1. The van der Waals surface area contributed by atoms with Crippen molar-refractivity contribution in [3.05, 3.63) is 22.3 Å². The van der Waals surface area contributed by atoms with Crippen molar-refractivity contribution in [1.29, 1.82) is 0 Å². The van der Waals surface area contributed by atoms with Gasteiger partial charge < -0.3 is 18.9 Å². The molecule has 0 saturated carbocycles. The average molecular weight is 652 g/mol. The number of ether oxygens (including phenoxy) is 2. The number of rotatable bonds is 29. The third kappa shape index (κ3) is 26.5. The summed E-state index contributed by atoms with van der Waals surface area (Å²) in [5.74, 6) is -1.41. The predicted octanol–water partition coefficient (Wildman–Crippen LogP) is 6.76. The molecule has 0 rings (SSSR count). The van der Waals surface area contributed by atoms with E-state index in [4.69, 9.17) is 18.5 Å². The van der Waals surface area contributed by atoms with Gasteiger partial charge >= 0.3 is 19.8 Å². The van der Waals surface area contributed by atoms with Gasteiger partial charge in [0.2, 0.25) is 6.04 Å². The van der Waals surface area contributed by atoms with Crippen LogP contribution in [-0.2, 0) is 32.7 Å². The highest BCUT2D eigenvalue weighted by atomic mass is 31.2. The van der Waals surface area contributed by atoms with Crippen molar-refractivity contribution < 1.29 is 47.0 Å². The first-order valence-corrected chi connectivity index (χ1v) is 17.9. The number of allylic oxidation sites excluding steroid dienone is 1. The van der Waals surface area contributed by atoms with Gasteiger partial charge in [-0.3, -0.25) is 28.8 Å². The molecule has 0 radical (unpaired) electrons. The summed E-state index contributed by atoms with van der Waals surface area (Å²) < 4.78 is 33.3. The summed E-state index contributed by atoms with van der Waals surface area (Å²) >= 11 is 0. The molecule has 0 aliphatic rings. The molecule has 0 aromatic heterocycles.